The third kappa shape index (κ3) is 5.52. The zero-order valence-corrected chi connectivity index (χ0v) is 22.8. The summed E-state index contributed by atoms with van der Waals surface area (Å²) < 4.78 is 48.1. The summed E-state index contributed by atoms with van der Waals surface area (Å²) in [6.07, 6.45) is 3.73. The van der Waals surface area contributed by atoms with Crippen molar-refractivity contribution in [3.63, 3.8) is 0 Å². The minimum absolute atomic E-state index is 0.0937. The van der Waals surface area contributed by atoms with Crippen molar-refractivity contribution in [2.75, 3.05) is 26.1 Å². The Balaban J connectivity index is 1.83. The molecule has 13 heteroatoms. The summed E-state index contributed by atoms with van der Waals surface area (Å²) in [6.45, 7) is 3.38. The second kappa shape index (κ2) is 11.5. The Labute approximate surface area is 226 Å². The molecule has 0 spiro atoms. The van der Waals surface area contributed by atoms with Gasteiger partial charge in [0, 0.05) is 31.3 Å². The first-order valence-electron chi connectivity index (χ1n) is 11.7. The van der Waals surface area contributed by atoms with Gasteiger partial charge in [-0.2, -0.15) is 5.26 Å². The molecule has 1 N–H and O–H groups in total. The zero-order chi connectivity index (χ0) is 28.2. The van der Waals surface area contributed by atoms with Gasteiger partial charge in [0.05, 0.1) is 25.5 Å². The first-order chi connectivity index (χ1) is 18.7. The average molecular weight is 550 g/mol. The van der Waals surface area contributed by atoms with Gasteiger partial charge in [-0.05, 0) is 49.7 Å². The van der Waals surface area contributed by atoms with Crippen molar-refractivity contribution < 1.29 is 22.6 Å². The van der Waals surface area contributed by atoms with Crippen LogP contribution in [0.4, 0.5) is 5.95 Å². The van der Waals surface area contributed by atoms with E-state index in [1.807, 2.05) is 19.1 Å². The molecule has 0 aliphatic carbocycles. The summed E-state index contributed by atoms with van der Waals surface area (Å²) in [7, 11) is 0.247. The fraction of sp³-hybridized carbons (Fsp3) is 0.269. The Morgan fingerprint density at radius 3 is 2.31 bits per heavy atom. The molecule has 3 heterocycles. The summed E-state index contributed by atoms with van der Waals surface area (Å²) in [5, 5.41) is 16.4. The topological polar surface area (TPSA) is 154 Å². The van der Waals surface area contributed by atoms with Crippen LogP contribution in [-0.2, 0) is 14.8 Å². The predicted molar refractivity (Wildman–Crippen MR) is 143 cm³/mol. The minimum Gasteiger partial charge on any atom is -0.494 e. The van der Waals surface area contributed by atoms with E-state index in [9.17, 15) is 8.42 Å². The lowest BCUT2D eigenvalue weighted by Crippen LogP contribution is -2.33. The number of aromatic nitrogens is 5. The van der Waals surface area contributed by atoms with Crippen LogP contribution in [0.1, 0.15) is 29.8 Å². The number of benzene rings is 1. The summed E-state index contributed by atoms with van der Waals surface area (Å²) in [5.74, 6) is 1.03. The van der Waals surface area contributed by atoms with E-state index in [1.165, 1.54) is 39.0 Å². The number of para-hydroxylation sites is 1. The number of hydrogen-bond acceptors (Lipinski definition) is 10. The van der Waals surface area contributed by atoms with Gasteiger partial charge in [0.2, 0.25) is 16.0 Å². The highest BCUT2D eigenvalue weighted by atomic mass is 32.2. The third-order valence-corrected chi connectivity index (χ3v) is 7.73. The molecule has 0 saturated heterocycles. The van der Waals surface area contributed by atoms with Gasteiger partial charge < -0.3 is 14.2 Å². The highest BCUT2D eigenvalue weighted by Gasteiger charge is 2.34. The van der Waals surface area contributed by atoms with E-state index in [0.717, 1.165) is 5.56 Å². The second-order valence-electron chi connectivity index (χ2n) is 8.54. The number of hydrogen-bond donors (Lipinski definition) is 1. The molecule has 1 aromatic carbocycles. The molecule has 0 aliphatic heterocycles. The fourth-order valence-electron chi connectivity index (χ4n) is 4.05. The van der Waals surface area contributed by atoms with Gasteiger partial charge in [0.25, 0.3) is 0 Å². The number of nitriles is 1. The molecule has 0 saturated carbocycles. The molecular weight excluding hydrogens is 522 g/mol. The Morgan fingerprint density at radius 1 is 1.03 bits per heavy atom. The minimum atomic E-state index is -4.14. The Bertz CT molecular complexity index is 1590. The monoisotopic (exact) mass is 549 g/mol. The van der Waals surface area contributed by atoms with Crippen molar-refractivity contribution in [1.82, 2.24) is 24.7 Å². The van der Waals surface area contributed by atoms with Gasteiger partial charge in [0.1, 0.15) is 34.6 Å². The molecule has 39 heavy (non-hydrogen) atoms. The highest BCUT2D eigenvalue weighted by molar-refractivity contribution is 7.93. The molecule has 4 aromatic rings. The smallest absolute Gasteiger partial charge is 0.243 e. The van der Waals surface area contributed by atoms with E-state index in [2.05, 4.69) is 24.9 Å². The molecule has 202 valence electrons. The zero-order valence-electron chi connectivity index (χ0n) is 22.0. The number of methoxy groups -OCH3 is 3. The molecule has 0 aliphatic rings. The molecule has 2 atom stereocenters. The van der Waals surface area contributed by atoms with Gasteiger partial charge in [0.15, 0.2) is 5.82 Å². The highest BCUT2D eigenvalue weighted by Crippen LogP contribution is 2.38. The fourth-order valence-corrected chi connectivity index (χ4v) is 5.20. The number of pyridine rings is 2. The molecule has 0 unspecified atom stereocenters. The SMILES string of the molecule is COc1cccc(OC)c1-n1c(NS(=O)(=O)[C@@H](C)[C@H](OC)c2ccc(C#N)cn2)nnc1-c1cncc(C)c1. The van der Waals surface area contributed by atoms with Crippen molar-refractivity contribution in [3.8, 4) is 34.6 Å². The molecule has 0 fully saturated rings. The number of anilines is 1. The van der Waals surface area contributed by atoms with E-state index >= 15 is 0 Å². The maximum Gasteiger partial charge on any atom is 0.243 e. The Hall–Kier alpha value is -4.54. The van der Waals surface area contributed by atoms with Crippen molar-refractivity contribution in [3.05, 3.63) is 71.8 Å². The van der Waals surface area contributed by atoms with Crippen LogP contribution in [0, 0.1) is 18.3 Å². The van der Waals surface area contributed by atoms with Crippen molar-refractivity contribution in [2.24, 2.45) is 0 Å². The number of ether oxygens (including phenoxy) is 3. The van der Waals surface area contributed by atoms with Gasteiger partial charge in [-0.25, -0.2) is 8.42 Å². The van der Waals surface area contributed by atoms with Gasteiger partial charge in [-0.15, -0.1) is 10.2 Å². The van der Waals surface area contributed by atoms with Crippen LogP contribution in [0.15, 0.2) is 55.0 Å². The number of sulfonamides is 1. The number of rotatable bonds is 10. The molecule has 0 radical (unpaired) electrons. The number of nitrogens with one attached hydrogen (secondary N) is 1. The number of nitrogens with zero attached hydrogens (tertiary/aromatic N) is 6. The largest absolute Gasteiger partial charge is 0.494 e. The van der Waals surface area contributed by atoms with Crippen LogP contribution in [0.3, 0.4) is 0 Å². The van der Waals surface area contributed by atoms with Crippen LogP contribution in [0.5, 0.6) is 11.5 Å². The maximum absolute atomic E-state index is 13.7. The summed E-state index contributed by atoms with van der Waals surface area (Å²) in [5.41, 5.74) is 2.58. The first kappa shape index (κ1) is 27.5. The molecule has 0 bridgehead atoms. The van der Waals surface area contributed by atoms with Crippen LogP contribution in [-0.4, -0.2) is 59.7 Å². The molecular formula is C26H27N7O5S. The van der Waals surface area contributed by atoms with Gasteiger partial charge >= 0.3 is 0 Å². The number of aryl methyl sites for hydroxylation is 1. The molecule has 0 amide bonds. The third-order valence-electron chi connectivity index (χ3n) is 6.03. The van der Waals surface area contributed by atoms with E-state index in [-0.39, 0.29) is 5.95 Å². The first-order valence-corrected chi connectivity index (χ1v) is 13.3. The van der Waals surface area contributed by atoms with Crippen molar-refractivity contribution in [1.29, 1.82) is 5.26 Å². The second-order valence-corrected chi connectivity index (χ2v) is 10.6. The van der Waals surface area contributed by atoms with Crippen LogP contribution in [0.25, 0.3) is 17.1 Å². The van der Waals surface area contributed by atoms with Crippen LogP contribution >= 0.6 is 0 Å². The van der Waals surface area contributed by atoms with E-state index in [0.29, 0.717) is 39.8 Å². The lowest BCUT2D eigenvalue weighted by Gasteiger charge is -2.23. The normalized spacial score (nSPS) is 12.8. The van der Waals surface area contributed by atoms with Crippen LogP contribution in [0.2, 0.25) is 0 Å². The van der Waals surface area contributed by atoms with Gasteiger partial charge in [-0.3, -0.25) is 19.3 Å². The molecule has 4 rings (SSSR count). The lowest BCUT2D eigenvalue weighted by atomic mass is 10.1. The maximum atomic E-state index is 13.7. The summed E-state index contributed by atoms with van der Waals surface area (Å²) in [4.78, 5) is 8.46. The standard InChI is InChI=1S/C26H27N7O5S/c1-16-11-19(15-28-13-16)25-30-31-26(33(25)23-21(36-3)7-6-8-22(23)37-4)32-39(34,35)17(2)24(38-5)20-10-9-18(12-27)14-29-20/h6-11,13-15,17,24H,1-5H3,(H,31,32)/t17-,24-/m0/s1. The van der Waals surface area contributed by atoms with Gasteiger partial charge in [-0.1, -0.05) is 6.07 Å². The summed E-state index contributed by atoms with van der Waals surface area (Å²) >= 11 is 0. The predicted octanol–water partition coefficient (Wildman–Crippen LogP) is 3.44. The Kier molecular flexibility index (Phi) is 8.08. The molecule has 12 nitrogen and oxygen atoms in total. The quantitative estimate of drug-likeness (QED) is 0.311. The lowest BCUT2D eigenvalue weighted by molar-refractivity contribution is 0.0989. The average Bonchev–Trinajstić information content (AvgIpc) is 3.35. The van der Waals surface area contributed by atoms with Crippen LogP contribution < -0.4 is 14.2 Å². The van der Waals surface area contributed by atoms with E-state index < -0.39 is 21.4 Å². The van der Waals surface area contributed by atoms with E-state index in [1.54, 1.807) is 42.7 Å². The Morgan fingerprint density at radius 2 is 1.74 bits per heavy atom. The van der Waals surface area contributed by atoms with E-state index in [4.69, 9.17) is 19.5 Å². The molecule has 3 aromatic heterocycles. The summed E-state index contributed by atoms with van der Waals surface area (Å²) in [6, 6.07) is 12.1. The van der Waals surface area contributed by atoms with Crippen molar-refractivity contribution >= 4 is 16.0 Å². The van der Waals surface area contributed by atoms with Crippen molar-refractivity contribution in [2.45, 2.75) is 25.2 Å².